The Kier molecular flexibility index (Phi) is 5.97. The normalized spacial score (nSPS) is 11.3. The number of nitrogens with zero attached hydrogens (tertiary/aromatic N) is 1. The summed E-state index contributed by atoms with van der Waals surface area (Å²) in [5.74, 6) is 0.826. The first-order chi connectivity index (χ1) is 15.0. The highest BCUT2D eigenvalue weighted by Crippen LogP contribution is 2.38. The highest BCUT2D eigenvalue weighted by Gasteiger charge is 2.24. The van der Waals surface area contributed by atoms with E-state index in [9.17, 15) is 8.42 Å². The summed E-state index contributed by atoms with van der Waals surface area (Å²) in [6, 6.07) is 22.7. The number of halogens is 1. The Morgan fingerprint density at radius 1 is 1.00 bits per heavy atom. The molecule has 0 spiro atoms. The van der Waals surface area contributed by atoms with Gasteiger partial charge < -0.3 is 9.15 Å². The fraction of sp³-hybridized carbons (Fsp3) is 0.0870. The zero-order valence-corrected chi connectivity index (χ0v) is 18.2. The van der Waals surface area contributed by atoms with Crippen molar-refractivity contribution in [3.05, 3.63) is 95.3 Å². The van der Waals surface area contributed by atoms with Crippen LogP contribution >= 0.6 is 11.6 Å². The molecule has 4 rings (SSSR count). The standard InChI is InChI=1S/C23H19ClN2O4S/c1-29-20-15-17(24)12-13-19(20)22-23(26-31(27,28)18-10-6-3-7-11-18)30-21(25-22)14-16-8-4-2-5-9-16/h2-13,15,26H,14H2,1H3. The van der Waals surface area contributed by atoms with E-state index < -0.39 is 10.0 Å². The van der Waals surface area contributed by atoms with Crippen LogP contribution in [0.1, 0.15) is 11.5 Å². The second kappa shape index (κ2) is 8.83. The molecule has 1 N–H and O–H groups in total. The van der Waals surface area contributed by atoms with Crippen molar-refractivity contribution in [2.75, 3.05) is 11.8 Å². The van der Waals surface area contributed by atoms with Gasteiger partial charge in [0.1, 0.15) is 11.4 Å². The van der Waals surface area contributed by atoms with Crippen LogP contribution < -0.4 is 9.46 Å². The third-order valence-electron chi connectivity index (χ3n) is 4.57. The maximum absolute atomic E-state index is 12.9. The van der Waals surface area contributed by atoms with E-state index in [1.165, 1.54) is 19.2 Å². The predicted octanol–water partition coefficient (Wildman–Crippen LogP) is 5.40. The molecule has 0 amide bonds. The average molecular weight is 455 g/mol. The molecule has 0 saturated carbocycles. The number of oxazole rings is 1. The van der Waals surface area contributed by atoms with E-state index in [0.29, 0.717) is 34.3 Å². The molecule has 0 aliphatic carbocycles. The third-order valence-corrected chi connectivity index (χ3v) is 6.15. The SMILES string of the molecule is COc1cc(Cl)ccc1-c1nc(Cc2ccccc2)oc1NS(=O)(=O)c1ccccc1. The quantitative estimate of drug-likeness (QED) is 0.404. The van der Waals surface area contributed by atoms with Gasteiger partial charge in [0.15, 0.2) is 0 Å². The van der Waals surface area contributed by atoms with Crippen molar-refractivity contribution in [1.29, 1.82) is 0 Å². The Morgan fingerprint density at radius 3 is 2.35 bits per heavy atom. The van der Waals surface area contributed by atoms with Gasteiger partial charge in [0.05, 0.1) is 12.0 Å². The second-order valence-electron chi connectivity index (χ2n) is 6.71. The second-order valence-corrected chi connectivity index (χ2v) is 8.83. The van der Waals surface area contributed by atoms with Gasteiger partial charge in [0.2, 0.25) is 11.8 Å². The summed E-state index contributed by atoms with van der Waals surface area (Å²) in [5.41, 5.74) is 1.86. The van der Waals surface area contributed by atoms with Crippen LogP contribution in [0.2, 0.25) is 5.02 Å². The van der Waals surface area contributed by atoms with Crippen LogP contribution in [0.3, 0.4) is 0 Å². The summed E-state index contributed by atoms with van der Waals surface area (Å²) < 4.78 is 39.7. The fourth-order valence-electron chi connectivity index (χ4n) is 3.10. The van der Waals surface area contributed by atoms with Crippen LogP contribution in [0.5, 0.6) is 5.75 Å². The molecular formula is C23H19ClN2O4S. The van der Waals surface area contributed by atoms with Crippen molar-refractivity contribution in [2.24, 2.45) is 0 Å². The zero-order valence-electron chi connectivity index (χ0n) is 16.6. The molecule has 6 nitrogen and oxygen atoms in total. The Morgan fingerprint density at radius 2 is 1.68 bits per heavy atom. The molecule has 0 atom stereocenters. The Hall–Kier alpha value is -3.29. The van der Waals surface area contributed by atoms with E-state index in [4.69, 9.17) is 20.8 Å². The number of nitrogens with one attached hydrogen (secondary N) is 1. The molecule has 8 heteroatoms. The minimum Gasteiger partial charge on any atom is -0.496 e. The molecule has 31 heavy (non-hydrogen) atoms. The Labute approximate surface area is 185 Å². The molecule has 4 aromatic rings. The first-order valence-corrected chi connectivity index (χ1v) is 11.3. The number of hydrogen-bond donors (Lipinski definition) is 1. The number of hydrogen-bond acceptors (Lipinski definition) is 5. The first kappa shape index (κ1) is 21.0. The van der Waals surface area contributed by atoms with Crippen molar-refractivity contribution >= 4 is 27.5 Å². The molecule has 1 aromatic heterocycles. The topological polar surface area (TPSA) is 81.4 Å². The molecule has 0 saturated heterocycles. The Balaban J connectivity index is 1.79. The molecule has 0 fully saturated rings. The van der Waals surface area contributed by atoms with Gasteiger partial charge in [0, 0.05) is 17.0 Å². The lowest BCUT2D eigenvalue weighted by atomic mass is 10.1. The van der Waals surface area contributed by atoms with Crippen molar-refractivity contribution in [3.8, 4) is 17.0 Å². The molecule has 0 bridgehead atoms. The average Bonchev–Trinajstić information content (AvgIpc) is 3.16. The van der Waals surface area contributed by atoms with Crippen LogP contribution in [0.4, 0.5) is 5.88 Å². The van der Waals surface area contributed by atoms with Gasteiger partial charge in [0.25, 0.3) is 10.0 Å². The molecule has 1 heterocycles. The largest absolute Gasteiger partial charge is 0.496 e. The summed E-state index contributed by atoms with van der Waals surface area (Å²) in [4.78, 5) is 4.69. The van der Waals surface area contributed by atoms with Gasteiger partial charge >= 0.3 is 0 Å². The predicted molar refractivity (Wildman–Crippen MR) is 120 cm³/mol. The molecule has 0 aliphatic rings. The summed E-state index contributed by atoms with van der Waals surface area (Å²) in [6.45, 7) is 0. The minimum atomic E-state index is -3.88. The number of anilines is 1. The highest BCUT2D eigenvalue weighted by molar-refractivity contribution is 7.92. The van der Waals surface area contributed by atoms with E-state index in [-0.39, 0.29) is 10.8 Å². The fourth-order valence-corrected chi connectivity index (χ4v) is 4.28. The maximum Gasteiger partial charge on any atom is 0.264 e. The van der Waals surface area contributed by atoms with Gasteiger partial charge in [-0.3, -0.25) is 0 Å². The number of aromatic nitrogens is 1. The van der Waals surface area contributed by atoms with Gasteiger partial charge in [-0.1, -0.05) is 60.1 Å². The van der Waals surface area contributed by atoms with E-state index in [0.717, 1.165) is 5.56 Å². The van der Waals surface area contributed by atoms with Crippen LogP contribution in [0, 0.1) is 0 Å². The molecule has 3 aromatic carbocycles. The molecule has 0 unspecified atom stereocenters. The molecule has 158 valence electrons. The lowest BCUT2D eigenvalue weighted by Crippen LogP contribution is -2.13. The van der Waals surface area contributed by atoms with Crippen molar-refractivity contribution in [3.63, 3.8) is 0 Å². The van der Waals surface area contributed by atoms with Gasteiger partial charge in [-0.05, 0) is 35.9 Å². The van der Waals surface area contributed by atoms with E-state index in [2.05, 4.69) is 9.71 Å². The van der Waals surface area contributed by atoms with Gasteiger partial charge in [-0.15, -0.1) is 0 Å². The van der Waals surface area contributed by atoms with Crippen molar-refractivity contribution < 1.29 is 17.6 Å². The lowest BCUT2D eigenvalue weighted by Gasteiger charge is -2.09. The minimum absolute atomic E-state index is 0.00964. The number of ether oxygens (including phenoxy) is 1. The van der Waals surface area contributed by atoms with Gasteiger partial charge in [-0.2, -0.15) is 0 Å². The van der Waals surface area contributed by atoms with Gasteiger partial charge in [-0.25, -0.2) is 18.1 Å². The van der Waals surface area contributed by atoms with E-state index in [1.807, 2.05) is 30.3 Å². The highest BCUT2D eigenvalue weighted by atomic mass is 35.5. The van der Waals surface area contributed by atoms with Crippen LogP contribution in [0.25, 0.3) is 11.3 Å². The number of benzene rings is 3. The molecular weight excluding hydrogens is 436 g/mol. The molecule has 0 aliphatic heterocycles. The summed E-state index contributed by atoms with van der Waals surface area (Å²) >= 11 is 6.09. The number of sulfonamides is 1. The number of rotatable bonds is 7. The smallest absolute Gasteiger partial charge is 0.264 e. The maximum atomic E-state index is 12.9. The van der Waals surface area contributed by atoms with Crippen molar-refractivity contribution in [1.82, 2.24) is 4.98 Å². The summed E-state index contributed by atoms with van der Waals surface area (Å²) in [5, 5.41) is 0.486. The summed E-state index contributed by atoms with van der Waals surface area (Å²) in [7, 11) is -2.37. The molecule has 0 radical (unpaired) electrons. The zero-order chi connectivity index (χ0) is 21.8. The third kappa shape index (κ3) is 4.73. The first-order valence-electron chi connectivity index (χ1n) is 9.41. The van der Waals surface area contributed by atoms with Crippen LogP contribution in [-0.2, 0) is 16.4 Å². The van der Waals surface area contributed by atoms with E-state index in [1.54, 1.807) is 36.4 Å². The lowest BCUT2D eigenvalue weighted by molar-refractivity contribution is 0.416. The van der Waals surface area contributed by atoms with Crippen LogP contribution in [0.15, 0.2) is 88.2 Å². The monoisotopic (exact) mass is 454 g/mol. The van der Waals surface area contributed by atoms with Crippen LogP contribution in [-0.4, -0.2) is 20.5 Å². The summed E-state index contributed by atoms with van der Waals surface area (Å²) in [6.07, 6.45) is 0.400. The number of methoxy groups -OCH3 is 1. The van der Waals surface area contributed by atoms with E-state index >= 15 is 0 Å². The Bertz CT molecular complexity index is 1290. The van der Waals surface area contributed by atoms with Crippen molar-refractivity contribution in [2.45, 2.75) is 11.3 Å².